The summed E-state index contributed by atoms with van der Waals surface area (Å²) in [5.41, 5.74) is 6.37. The third-order valence-corrected chi connectivity index (χ3v) is 5.06. The maximum atomic E-state index is 12.3. The van der Waals surface area contributed by atoms with Crippen molar-refractivity contribution in [3.05, 3.63) is 29.8 Å². The topological polar surface area (TPSA) is 72.6 Å². The van der Waals surface area contributed by atoms with Crippen molar-refractivity contribution in [3.8, 4) is 0 Å². The van der Waals surface area contributed by atoms with Gasteiger partial charge in [-0.1, -0.05) is 12.1 Å². The second-order valence-corrected chi connectivity index (χ2v) is 7.06. The Labute approximate surface area is 121 Å². The van der Waals surface area contributed by atoms with Crippen molar-refractivity contribution < 1.29 is 13.2 Å². The molecular weight excluding hydrogens is 276 g/mol. The van der Waals surface area contributed by atoms with Gasteiger partial charge in [-0.05, 0) is 31.7 Å². The van der Waals surface area contributed by atoms with Gasteiger partial charge in [-0.3, -0.25) is 0 Å². The van der Waals surface area contributed by atoms with Gasteiger partial charge < -0.3 is 15.4 Å². The maximum absolute atomic E-state index is 12.3. The molecule has 1 aromatic carbocycles. The van der Waals surface area contributed by atoms with Crippen LogP contribution in [0.5, 0.6) is 0 Å². The molecule has 0 saturated carbocycles. The molecule has 1 rings (SSSR count). The summed E-state index contributed by atoms with van der Waals surface area (Å²) < 4.78 is 29.6. The zero-order valence-electron chi connectivity index (χ0n) is 12.4. The van der Waals surface area contributed by atoms with E-state index in [0.717, 1.165) is 5.56 Å². The van der Waals surface area contributed by atoms with Crippen LogP contribution >= 0.6 is 0 Å². The first-order valence-corrected chi connectivity index (χ1v) is 8.27. The average molecular weight is 300 g/mol. The molecule has 6 heteroatoms. The Hall–Kier alpha value is -0.950. The number of rotatable bonds is 8. The van der Waals surface area contributed by atoms with Crippen LogP contribution in [0.3, 0.4) is 0 Å². The minimum absolute atomic E-state index is 0.0889. The summed E-state index contributed by atoms with van der Waals surface area (Å²) >= 11 is 0. The number of nitrogens with zero attached hydrogens (tertiary/aromatic N) is 1. The van der Waals surface area contributed by atoms with Crippen LogP contribution in [0, 0.1) is 0 Å². The van der Waals surface area contributed by atoms with Gasteiger partial charge in [0.2, 0.25) is 0 Å². The van der Waals surface area contributed by atoms with E-state index in [4.69, 9.17) is 10.5 Å². The predicted molar refractivity (Wildman–Crippen MR) is 80.4 cm³/mol. The minimum Gasteiger partial charge on any atom is -0.383 e. The number of sulfone groups is 1. The third-order valence-electron chi connectivity index (χ3n) is 3.37. The predicted octanol–water partition coefficient (Wildman–Crippen LogP) is 0.886. The van der Waals surface area contributed by atoms with Crippen LogP contribution in [0.25, 0.3) is 0 Å². The van der Waals surface area contributed by atoms with Crippen molar-refractivity contribution in [3.63, 3.8) is 0 Å². The molecule has 5 nitrogen and oxygen atoms in total. The summed E-state index contributed by atoms with van der Waals surface area (Å²) in [5.74, 6) is 0.0889. The second kappa shape index (κ2) is 7.73. The molecule has 0 radical (unpaired) electrons. The van der Waals surface area contributed by atoms with Crippen LogP contribution in [-0.2, 0) is 21.1 Å². The van der Waals surface area contributed by atoms with Crippen molar-refractivity contribution in [2.45, 2.75) is 24.4 Å². The number of ether oxygens (including phenoxy) is 1. The molecule has 1 atom stereocenters. The molecule has 2 N–H and O–H groups in total. The van der Waals surface area contributed by atoms with Crippen LogP contribution in [-0.4, -0.2) is 52.4 Å². The Kier molecular flexibility index (Phi) is 6.61. The van der Waals surface area contributed by atoms with Gasteiger partial charge >= 0.3 is 0 Å². The fraction of sp³-hybridized carbons (Fsp3) is 0.571. The largest absolute Gasteiger partial charge is 0.383 e. The van der Waals surface area contributed by atoms with Gasteiger partial charge in [-0.15, -0.1) is 0 Å². The summed E-state index contributed by atoms with van der Waals surface area (Å²) in [5, 5.41) is 0. The molecule has 1 aromatic rings. The van der Waals surface area contributed by atoms with Crippen LogP contribution in [0.1, 0.15) is 12.5 Å². The SMILES string of the molecule is COCC(C)N(C)CCS(=O)(=O)c1cccc(CN)c1. The molecule has 0 amide bonds. The fourth-order valence-electron chi connectivity index (χ4n) is 1.84. The molecule has 0 aliphatic carbocycles. The molecule has 0 saturated heterocycles. The van der Waals surface area contributed by atoms with Gasteiger partial charge in [0.1, 0.15) is 0 Å². The summed E-state index contributed by atoms with van der Waals surface area (Å²) in [6, 6.07) is 7.00. The van der Waals surface area contributed by atoms with Gasteiger partial charge in [0.25, 0.3) is 0 Å². The highest BCUT2D eigenvalue weighted by atomic mass is 32.2. The monoisotopic (exact) mass is 300 g/mol. The molecule has 0 spiro atoms. The summed E-state index contributed by atoms with van der Waals surface area (Å²) in [4.78, 5) is 2.32. The molecule has 0 heterocycles. The average Bonchev–Trinajstić information content (AvgIpc) is 2.45. The van der Waals surface area contributed by atoms with Gasteiger partial charge in [0, 0.05) is 26.2 Å². The smallest absolute Gasteiger partial charge is 0.179 e. The lowest BCUT2D eigenvalue weighted by Gasteiger charge is -2.23. The highest BCUT2D eigenvalue weighted by Gasteiger charge is 2.17. The Bertz CT molecular complexity index is 517. The van der Waals surface area contributed by atoms with E-state index < -0.39 is 9.84 Å². The second-order valence-electron chi connectivity index (χ2n) is 4.96. The van der Waals surface area contributed by atoms with E-state index >= 15 is 0 Å². The van der Waals surface area contributed by atoms with Gasteiger partial charge in [0.15, 0.2) is 9.84 Å². The lowest BCUT2D eigenvalue weighted by Crippen LogP contribution is -2.36. The molecule has 0 aliphatic heterocycles. The van der Waals surface area contributed by atoms with Crippen molar-refractivity contribution in [2.75, 3.05) is 33.1 Å². The first kappa shape index (κ1) is 17.1. The van der Waals surface area contributed by atoms with Gasteiger partial charge in [-0.25, -0.2) is 8.42 Å². The molecule has 0 bridgehead atoms. The minimum atomic E-state index is -3.27. The number of hydrogen-bond acceptors (Lipinski definition) is 5. The first-order valence-electron chi connectivity index (χ1n) is 6.61. The molecule has 1 unspecified atom stereocenters. The fourth-order valence-corrected chi connectivity index (χ4v) is 3.22. The van der Waals surface area contributed by atoms with Crippen molar-refractivity contribution >= 4 is 9.84 Å². The van der Waals surface area contributed by atoms with Crippen molar-refractivity contribution in [1.82, 2.24) is 4.90 Å². The zero-order valence-corrected chi connectivity index (χ0v) is 13.2. The third kappa shape index (κ3) is 4.86. The Morgan fingerprint density at radius 3 is 2.70 bits per heavy atom. The van der Waals surface area contributed by atoms with E-state index in [1.807, 2.05) is 24.9 Å². The van der Waals surface area contributed by atoms with E-state index in [1.54, 1.807) is 25.3 Å². The Morgan fingerprint density at radius 1 is 1.40 bits per heavy atom. The van der Waals surface area contributed by atoms with Gasteiger partial charge in [0.05, 0.1) is 17.3 Å². The highest BCUT2D eigenvalue weighted by Crippen LogP contribution is 2.13. The molecule has 114 valence electrons. The number of methoxy groups -OCH3 is 1. The maximum Gasteiger partial charge on any atom is 0.179 e. The Balaban J connectivity index is 2.70. The summed E-state index contributed by atoms with van der Waals surface area (Å²) in [6.45, 7) is 3.40. The normalized spacial score (nSPS) is 13.7. The van der Waals surface area contributed by atoms with Crippen molar-refractivity contribution in [1.29, 1.82) is 0 Å². The van der Waals surface area contributed by atoms with Crippen LogP contribution in [0.4, 0.5) is 0 Å². The summed E-state index contributed by atoms with van der Waals surface area (Å²) in [6.07, 6.45) is 0. The van der Waals surface area contributed by atoms with Crippen LogP contribution < -0.4 is 5.73 Å². The summed E-state index contributed by atoms with van der Waals surface area (Å²) in [7, 11) is 0.262. The lowest BCUT2D eigenvalue weighted by molar-refractivity contribution is 0.119. The molecule has 0 aromatic heterocycles. The standard InChI is InChI=1S/C14H24N2O3S/c1-12(11-19-3)16(2)7-8-20(17,18)14-6-4-5-13(9-14)10-15/h4-6,9,12H,7-8,10-11,15H2,1-3H3. The molecule has 0 fully saturated rings. The number of benzene rings is 1. The number of likely N-dealkylation sites (N-methyl/N-ethyl adjacent to an activating group) is 1. The van der Waals surface area contributed by atoms with E-state index in [-0.39, 0.29) is 11.8 Å². The van der Waals surface area contributed by atoms with Crippen LogP contribution in [0.2, 0.25) is 0 Å². The molecule has 0 aliphatic rings. The van der Waals surface area contributed by atoms with Crippen LogP contribution in [0.15, 0.2) is 29.2 Å². The quantitative estimate of drug-likeness (QED) is 0.772. The van der Waals surface area contributed by atoms with Gasteiger partial charge in [-0.2, -0.15) is 0 Å². The zero-order chi connectivity index (χ0) is 15.2. The van der Waals surface area contributed by atoms with E-state index in [0.29, 0.717) is 24.6 Å². The Morgan fingerprint density at radius 2 is 2.10 bits per heavy atom. The van der Waals surface area contributed by atoms with E-state index in [1.165, 1.54) is 0 Å². The van der Waals surface area contributed by atoms with E-state index in [2.05, 4.69) is 0 Å². The number of hydrogen-bond donors (Lipinski definition) is 1. The highest BCUT2D eigenvalue weighted by molar-refractivity contribution is 7.91. The van der Waals surface area contributed by atoms with Crippen molar-refractivity contribution in [2.24, 2.45) is 5.73 Å². The molecule has 20 heavy (non-hydrogen) atoms. The first-order chi connectivity index (χ1) is 9.40. The molecular formula is C14H24N2O3S. The van der Waals surface area contributed by atoms with E-state index in [9.17, 15) is 8.42 Å². The lowest BCUT2D eigenvalue weighted by atomic mass is 10.2. The number of nitrogens with two attached hydrogens (primary N) is 1.